The Balaban J connectivity index is 1.36. The van der Waals surface area contributed by atoms with Gasteiger partial charge in [0.05, 0.1) is 16.3 Å². The number of H-pyrrole nitrogens is 1. The molecule has 7 rings (SSSR count). The number of aromatic amines is 1. The highest BCUT2D eigenvalue weighted by Gasteiger charge is 2.51. The third-order valence-electron chi connectivity index (χ3n) is 8.79. The predicted molar refractivity (Wildman–Crippen MR) is 152 cm³/mol. The molecule has 0 saturated heterocycles. The number of aromatic nitrogens is 2. The summed E-state index contributed by atoms with van der Waals surface area (Å²) in [6, 6.07) is 10.1. The lowest BCUT2D eigenvalue weighted by Gasteiger charge is -2.57. The fourth-order valence-electron chi connectivity index (χ4n) is 7.44. The Labute approximate surface area is 234 Å². The molecule has 39 heavy (non-hydrogen) atoms. The number of aliphatic imine (C=N–C) groups is 1. The van der Waals surface area contributed by atoms with Gasteiger partial charge in [-0.2, -0.15) is 0 Å². The van der Waals surface area contributed by atoms with Gasteiger partial charge in [0.15, 0.2) is 0 Å². The predicted octanol–water partition coefficient (Wildman–Crippen LogP) is 4.17. The van der Waals surface area contributed by atoms with Crippen LogP contribution in [0.4, 0.5) is 5.69 Å². The molecule has 1 heterocycles. The molecule has 4 aliphatic carbocycles. The normalized spacial score (nSPS) is 26.0. The molecule has 204 valence electrons. The third-order valence-corrected chi connectivity index (χ3v) is 10.3. The number of hydrogen-bond acceptors (Lipinski definition) is 6. The summed E-state index contributed by atoms with van der Waals surface area (Å²) < 4.78 is 24.9. The van der Waals surface area contributed by atoms with Crippen LogP contribution in [0.1, 0.15) is 55.2 Å². The van der Waals surface area contributed by atoms with Crippen molar-refractivity contribution in [1.82, 2.24) is 9.55 Å². The fourth-order valence-corrected chi connectivity index (χ4v) is 8.60. The zero-order valence-electron chi connectivity index (χ0n) is 21.4. The number of benzene rings is 2. The smallest absolute Gasteiger partial charge is 0.335 e. The SMILES string of the molecule is Cc1cc(S(N)(=O)=O)ccc1N=Cc1c(O)n(-c2ccc(C34CC5CC(CC(C5)C3)C4)cc2Br)c(=O)[nH]c1=O. The van der Waals surface area contributed by atoms with Crippen LogP contribution in [0.15, 0.2) is 60.3 Å². The Morgan fingerprint density at radius 1 is 1.08 bits per heavy atom. The Kier molecular flexibility index (Phi) is 6.24. The van der Waals surface area contributed by atoms with Crippen molar-refractivity contribution >= 4 is 37.9 Å². The molecule has 0 amide bonds. The molecule has 0 atom stereocenters. The number of nitrogens with zero attached hydrogens (tertiary/aromatic N) is 2. The second-order valence-corrected chi connectivity index (χ2v) is 13.9. The van der Waals surface area contributed by atoms with E-state index in [9.17, 15) is 23.1 Å². The first-order chi connectivity index (χ1) is 18.4. The van der Waals surface area contributed by atoms with Gasteiger partial charge >= 0.3 is 5.69 Å². The maximum absolute atomic E-state index is 12.8. The molecule has 4 N–H and O–H groups in total. The van der Waals surface area contributed by atoms with Crippen molar-refractivity contribution in [3.63, 3.8) is 0 Å². The Bertz CT molecular complexity index is 1720. The molecule has 0 aliphatic heterocycles. The van der Waals surface area contributed by atoms with E-state index in [-0.39, 0.29) is 15.9 Å². The van der Waals surface area contributed by atoms with Gasteiger partial charge in [-0.3, -0.25) is 14.8 Å². The number of aryl methyl sites for hydroxylation is 1. The van der Waals surface area contributed by atoms with Gasteiger partial charge in [-0.1, -0.05) is 6.07 Å². The van der Waals surface area contributed by atoms with Crippen molar-refractivity contribution in [2.75, 3.05) is 0 Å². The van der Waals surface area contributed by atoms with Gasteiger partial charge < -0.3 is 5.11 Å². The fraction of sp³-hybridized carbons (Fsp3) is 0.393. The van der Waals surface area contributed by atoms with Crippen molar-refractivity contribution in [3.05, 3.63) is 78.4 Å². The minimum absolute atomic E-state index is 0.0602. The van der Waals surface area contributed by atoms with Crippen LogP contribution in [-0.2, 0) is 15.4 Å². The summed E-state index contributed by atoms with van der Waals surface area (Å²) in [5, 5.41) is 16.2. The lowest BCUT2D eigenvalue weighted by molar-refractivity contribution is -0.00521. The summed E-state index contributed by atoms with van der Waals surface area (Å²) in [7, 11) is -3.87. The van der Waals surface area contributed by atoms with Crippen molar-refractivity contribution in [2.24, 2.45) is 27.9 Å². The first-order valence-corrected chi connectivity index (χ1v) is 15.3. The van der Waals surface area contributed by atoms with Gasteiger partial charge in [0.2, 0.25) is 15.9 Å². The number of halogens is 1. The highest BCUT2D eigenvalue weighted by Crippen LogP contribution is 2.61. The molecular formula is C28H29BrN4O5S. The van der Waals surface area contributed by atoms with Crippen LogP contribution in [0.5, 0.6) is 5.88 Å². The Hall–Kier alpha value is -3.02. The van der Waals surface area contributed by atoms with Crippen LogP contribution < -0.4 is 16.4 Å². The molecule has 4 aliphatic rings. The molecule has 9 nitrogen and oxygen atoms in total. The molecule has 0 spiro atoms. The highest BCUT2D eigenvalue weighted by molar-refractivity contribution is 9.10. The molecule has 0 radical (unpaired) electrons. The number of nitrogens with one attached hydrogen (secondary N) is 1. The number of hydrogen-bond donors (Lipinski definition) is 3. The van der Waals surface area contributed by atoms with Crippen LogP contribution >= 0.6 is 15.9 Å². The Morgan fingerprint density at radius 2 is 1.72 bits per heavy atom. The molecule has 2 aromatic carbocycles. The number of aromatic hydroxyl groups is 1. The number of nitrogens with two attached hydrogens (primary N) is 1. The summed E-state index contributed by atoms with van der Waals surface area (Å²) >= 11 is 3.63. The topological polar surface area (TPSA) is 148 Å². The van der Waals surface area contributed by atoms with E-state index in [1.165, 1.54) is 62.3 Å². The monoisotopic (exact) mass is 612 g/mol. The first kappa shape index (κ1) is 26.2. The molecule has 3 aromatic rings. The van der Waals surface area contributed by atoms with Gasteiger partial charge in [0.25, 0.3) is 5.56 Å². The van der Waals surface area contributed by atoms with E-state index in [2.05, 4.69) is 32.0 Å². The van der Waals surface area contributed by atoms with Crippen molar-refractivity contribution in [2.45, 2.75) is 55.8 Å². The van der Waals surface area contributed by atoms with E-state index in [1.807, 2.05) is 12.1 Å². The average molecular weight is 614 g/mol. The maximum atomic E-state index is 12.8. The van der Waals surface area contributed by atoms with Gasteiger partial charge in [-0.15, -0.1) is 0 Å². The summed E-state index contributed by atoms with van der Waals surface area (Å²) in [4.78, 5) is 31.9. The van der Waals surface area contributed by atoms with Crippen molar-refractivity contribution in [3.8, 4) is 11.6 Å². The summed E-state index contributed by atoms with van der Waals surface area (Å²) in [6.45, 7) is 1.65. The van der Waals surface area contributed by atoms with Gasteiger partial charge in [0.1, 0.15) is 5.56 Å². The van der Waals surface area contributed by atoms with Crippen LogP contribution in [0.3, 0.4) is 0 Å². The second-order valence-electron chi connectivity index (χ2n) is 11.4. The summed E-state index contributed by atoms with van der Waals surface area (Å²) in [6.07, 6.45) is 8.80. The van der Waals surface area contributed by atoms with E-state index >= 15 is 0 Å². The van der Waals surface area contributed by atoms with Gasteiger partial charge in [-0.25, -0.2) is 22.9 Å². The van der Waals surface area contributed by atoms with Crippen LogP contribution in [0.2, 0.25) is 0 Å². The summed E-state index contributed by atoms with van der Waals surface area (Å²) in [5.74, 6) is 1.83. The molecule has 0 unspecified atom stereocenters. The van der Waals surface area contributed by atoms with E-state index < -0.39 is 27.2 Å². The molecule has 1 aromatic heterocycles. The lowest BCUT2D eigenvalue weighted by atomic mass is 9.48. The van der Waals surface area contributed by atoms with Crippen LogP contribution in [0.25, 0.3) is 5.69 Å². The van der Waals surface area contributed by atoms with E-state index in [1.54, 1.807) is 6.92 Å². The quantitative estimate of drug-likeness (QED) is 0.370. The number of rotatable bonds is 5. The number of sulfonamides is 1. The highest BCUT2D eigenvalue weighted by atomic mass is 79.9. The molecular weight excluding hydrogens is 584 g/mol. The van der Waals surface area contributed by atoms with Crippen molar-refractivity contribution < 1.29 is 13.5 Å². The molecule has 4 fully saturated rings. The molecule has 11 heteroatoms. The third kappa shape index (κ3) is 4.60. The standard InChI is InChI=1S/C28H29BrN4O5S/c1-15-6-20(39(30,37)38)3-4-23(15)31-14-21-25(34)32-27(36)33(26(21)35)24-5-2-19(10-22(24)29)28-11-16-7-17(12-28)9-18(8-16)13-28/h2-6,10,14,16-18,35H,7-9,11-13H2,1H3,(H2,30,37,38)(H,32,34,36). The van der Waals surface area contributed by atoms with Crippen LogP contribution in [-0.4, -0.2) is 29.3 Å². The maximum Gasteiger partial charge on any atom is 0.335 e. The van der Waals surface area contributed by atoms with Gasteiger partial charge in [0, 0.05) is 10.7 Å². The minimum atomic E-state index is -3.87. The second kappa shape index (κ2) is 9.28. The average Bonchev–Trinajstić information content (AvgIpc) is 2.84. The zero-order chi connectivity index (χ0) is 27.7. The van der Waals surface area contributed by atoms with Crippen LogP contribution in [0, 0.1) is 24.7 Å². The van der Waals surface area contributed by atoms with Gasteiger partial charge in [-0.05, 0) is 126 Å². The summed E-state index contributed by atoms with van der Waals surface area (Å²) in [5.41, 5.74) is 0.943. The lowest BCUT2D eigenvalue weighted by Crippen LogP contribution is -2.48. The number of primary sulfonamides is 1. The zero-order valence-corrected chi connectivity index (χ0v) is 23.8. The largest absolute Gasteiger partial charge is 0.493 e. The molecule has 4 bridgehead atoms. The Morgan fingerprint density at radius 3 is 2.28 bits per heavy atom. The van der Waals surface area contributed by atoms with E-state index in [4.69, 9.17) is 5.14 Å². The first-order valence-electron chi connectivity index (χ1n) is 13.0. The minimum Gasteiger partial charge on any atom is -0.493 e. The van der Waals surface area contributed by atoms with E-state index in [0.717, 1.165) is 28.5 Å². The van der Waals surface area contributed by atoms with Crippen molar-refractivity contribution in [1.29, 1.82) is 0 Å². The molecule has 4 saturated carbocycles. The van der Waals surface area contributed by atoms with E-state index in [0.29, 0.717) is 21.4 Å².